The smallest absolute Gasteiger partial charge is 0.241 e. The molecule has 0 unspecified atom stereocenters. The third-order valence-electron chi connectivity index (χ3n) is 1.92. The predicted octanol–water partition coefficient (Wildman–Crippen LogP) is 2.23. The predicted molar refractivity (Wildman–Crippen MR) is 61.2 cm³/mol. The molecule has 1 rings (SSSR count). The highest BCUT2D eigenvalue weighted by molar-refractivity contribution is 9.10. The van der Waals surface area contributed by atoms with Crippen LogP contribution >= 0.6 is 15.9 Å². The fraction of sp³-hybridized carbons (Fsp3) is 0.300. The van der Waals surface area contributed by atoms with Crippen LogP contribution < -0.4 is 5.32 Å². The number of anilines is 1. The zero-order valence-electron chi connectivity index (χ0n) is 8.85. The summed E-state index contributed by atoms with van der Waals surface area (Å²) < 4.78 is 26.3. The van der Waals surface area contributed by atoms with Crippen molar-refractivity contribution < 1.29 is 13.6 Å². The van der Waals surface area contributed by atoms with Gasteiger partial charge in [-0.15, -0.1) is 0 Å². The van der Waals surface area contributed by atoms with Crippen LogP contribution in [0.15, 0.2) is 16.6 Å². The molecule has 1 aromatic carbocycles. The van der Waals surface area contributed by atoms with Gasteiger partial charge in [0.1, 0.15) is 11.6 Å². The highest BCUT2D eigenvalue weighted by atomic mass is 79.9. The number of carbonyl (C=O) groups is 1. The van der Waals surface area contributed by atoms with E-state index >= 15 is 0 Å². The van der Waals surface area contributed by atoms with E-state index in [1.807, 2.05) is 0 Å². The summed E-state index contributed by atoms with van der Waals surface area (Å²) in [7, 11) is 3.19. The first-order valence-corrected chi connectivity index (χ1v) is 5.29. The Morgan fingerprint density at radius 3 is 2.56 bits per heavy atom. The normalized spacial score (nSPS) is 10.1. The van der Waals surface area contributed by atoms with Gasteiger partial charge < -0.3 is 10.2 Å². The minimum absolute atomic E-state index is 0.0475. The zero-order chi connectivity index (χ0) is 12.3. The number of rotatable bonds is 3. The molecule has 0 saturated carbocycles. The van der Waals surface area contributed by atoms with Crippen LogP contribution in [0.2, 0.25) is 0 Å². The third-order valence-corrected chi connectivity index (χ3v) is 2.55. The van der Waals surface area contributed by atoms with Gasteiger partial charge in [-0.25, -0.2) is 8.78 Å². The molecule has 0 radical (unpaired) electrons. The largest absolute Gasteiger partial charge is 0.373 e. The molecule has 1 N–H and O–H groups in total. The molecule has 1 aromatic rings. The SMILES string of the molecule is CN(C)C(=O)CNc1c(F)cc(F)cc1Br. The van der Waals surface area contributed by atoms with Crippen molar-refractivity contribution in [2.45, 2.75) is 0 Å². The Morgan fingerprint density at radius 1 is 1.44 bits per heavy atom. The molecule has 3 nitrogen and oxygen atoms in total. The maximum absolute atomic E-state index is 13.3. The van der Waals surface area contributed by atoms with Crippen LogP contribution in [0.3, 0.4) is 0 Å². The first-order chi connectivity index (χ1) is 7.41. The summed E-state index contributed by atoms with van der Waals surface area (Å²) in [5, 5.41) is 2.61. The van der Waals surface area contributed by atoms with Crippen molar-refractivity contribution in [3.63, 3.8) is 0 Å². The van der Waals surface area contributed by atoms with Gasteiger partial charge in [0.15, 0.2) is 0 Å². The monoisotopic (exact) mass is 292 g/mol. The van der Waals surface area contributed by atoms with E-state index < -0.39 is 11.6 Å². The average molecular weight is 293 g/mol. The van der Waals surface area contributed by atoms with E-state index in [4.69, 9.17) is 0 Å². The molecule has 16 heavy (non-hydrogen) atoms. The molecule has 88 valence electrons. The lowest BCUT2D eigenvalue weighted by molar-refractivity contribution is -0.126. The Kier molecular flexibility index (Phi) is 4.23. The second-order valence-corrected chi connectivity index (χ2v) is 4.24. The Morgan fingerprint density at radius 2 is 2.06 bits per heavy atom. The number of halogens is 3. The number of amides is 1. The van der Waals surface area contributed by atoms with Crippen LogP contribution in [0.5, 0.6) is 0 Å². The number of likely N-dealkylation sites (N-methyl/N-ethyl adjacent to an activating group) is 1. The molecule has 0 spiro atoms. The van der Waals surface area contributed by atoms with Gasteiger partial charge >= 0.3 is 0 Å². The molecular formula is C10H11BrF2N2O. The van der Waals surface area contributed by atoms with Crippen molar-refractivity contribution in [1.82, 2.24) is 4.90 Å². The highest BCUT2D eigenvalue weighted by Gasteiger charge is 2.11. The maximum Gasteiger partial charge on any atom is 0.241 e. The molecule has 0 fully saturated rings. The molecule has 0 aliphatic carbocycles. The van der Waals surface area contributed by atoms with Gasteiger partial charge in [-0.05, 0) is 22.0 Å². The number of benzene rings is 1. The van der Waals surface area contributed by atoms with Crippen LogP contribution in [-0.4, -0.2) is 31.4 Å². The van der Waals surface area contributed by atoms with Crippen LogP contribution in [0.25, 0.3) is 0 Å². The summed E-state index contributed by atoms with van der Waals surface area (Å²) in [4.78, 5) is 12.6. The van der Waals surface area contributed by atoms with Crippen molar-refractivity contribution in [2.24, 2.45) is 0 Å². The first-order valence-electron chi connectivity index (χ1n) is 4.50. The van der Waals surface area contributed by atoms with Crippen molar-refractivity contribution >= 4 is 27.5 Å². The van der Waals surface area contributed by atoms with Crippen molar-refractivity contribution in [3.8, 4) is 0 Å². The Bertz CT molecular complexity index is 387. The maximum atomic E-state index is 13.3. The first kappa shape index (κ1) is 12.9. The summed E-state index contributed by atoms with van der Waals surface area (Å²) in [6.45, 7) is -0.0475. The minimum Gasteiger partial charge on any atom is -0.373 e. The van der Waals surface area contributed by atoms with Gasteiger partial charge in [-0.1, -0.05) is 0 Å². The standard InChI is InChI=1S/C10H11BrF2N2O/c1-15(2)9(16)5-14-10-7(11)3-6(12)4-8(10)13/h3-4,14H,5H2,1-2H3. The minimum atomic E-state index is -0.738. The lowest BCUT2D eigenvalue weighted by Crippen LogP contribution is -2.28. The quantitative estimate of drug-likeness (QED) is 0.927. The Hall–Kier alpha value is -1.17. The van der Waals surface area contributed by atoms with Gasteiger partial charge in [0, 0.05) is 24.6 Å². The van der Waals surface area contributed by atoms with E-state index in [-0.39, 0.29) is 22.6 Å². The number of carbonyl (C=O) groups excluding carboxylic acids is 1. The average Bonchev–Trinajstić information content (AvgIpc) is 2.15. The number of hydrogen-bond donors (Lipinski definition) is 1. The number of nitrogens with zero attached hydrogens (tertiary/aromatic N) is 1. The fourth-order valence-corrected chi connectivity index (χ4v) is 1.58. The van der Waals surface area contributed by atoms with Gasteiger partial charge in [0.05, 0.1) is 12.2 Å². The van der Waals surface area contributed by atoms with Crippen LogP contribution in [0.1, 0.15) is 0 Å². The lowest BCUT2D eigenvalue weighted by atomic mass is 10.3. The summed E-state index contributed by atoms with van der Waals surface area (Å²) in [5.74, 6) is -1.61. The molecular weight excluding hydrogens is 282 g/mol. The van der Waals surface area contributed by atoms with Gasteiger partial charge in [0.2, 0.25) is 5.91 Å². The summed E-state index contributed by atoms with van der Waals surface area (Å²) in [6.07, 6.45) is 0. The van der Waals surface area contributed by atoms with E-state index in [1.54, 1.807) is 14.1 Å². The van der Waals surface area contributed by atoms with Gasteiger partial charge in [-0.2, -0.15) is 0 Å². The second-order valence-electron chi connectivity index (χ2n) is 3.39. The van der Waals surface area contributed by atoms with Crippen LogP contribution in [0, 0.1) is 11.6 Å². The van der Waals surface area contributed by atoms with Crippen molar-refractivity contribution in [2.75, 3.05) is 26.0 Å². The summed E-state index contributed by atoms with van der Waals surface area (Å²) >= 11 is 3.02. The molecule has 0 aromatic heterocycles. The van der Waals surface area contributed by atoms with Gasteiger partial charge in [0.25, 0.3) is 0 Å². The van der Waals surface area contributed by atoms with E-state index in [9.17, 15) is 13.6 Å². The molecule has 1 amide bonds. The topological polar surface area (TPSA) is 32.3 Å². The number of hydrogen-bond acceptors (Lipinski definition) is 2. The van der Waals surface area contributed by atoms with E-state index in [0.29, 0.717) is 0 Å². The summed E-state index contributed by atoms with van der Waals surface area (Å²) in [6, 6.07) is 1.89. The highest BCUT2D eigenvalue weighted by Crippen LogP contribution is 2.26. The Labute approximate surface area is 101 Å². The van der Waals surface area contributed by atoms with Crippen LogP contribution in [0.4, 0.5) is 14.5 Å². The lowest BCUT2D eigenvalue weighted by Gasteiger charge is -2.13. The summed E-state index contributed by atoms with van der Waals surface area (Å²) in [5.41, 5.74) is 0.0802. The third kappa shape index (κ3) is 3.16. The molecule has 0 atom stereocenters. The molecule has 6 heteroatoms. The van der Waals surface area contributed by atoms with Crippen LogP contribution in [-0.2, 0) is 4.79 Å². The van der Waals surface area contributed by atoms with E-state index in [2.05, 4.69) is 21.2 Å². The van der Waals surface area contributed by atoms with Gasteiger partial charge in [-0.3, -0.25) is 4.79 Å². The van der Waals surface area contributed by atoms with Crippen molar-refractivity contribution in [1.29, 1.82) is 0 Å². The number of nitrogens with one attached hydrogen (secondary N) is 1. The molecule has 0 bridgehead atoms. The zero-order valence-corrected chi connectivity index (χ0v) is 10.4. The molecule has 0 aliphatic rings. The molecule has 0 aliphatic heterocycles. The van der Waals surface area contributed by atoms with Crippen molar-refractivity contribution in [3.05, 3.63) is 28.2 Å². The molecule has 0 heterocycles. The van der Waals surface area contributed by atoms with E-state index in [1.165, 1.54) is 4.90 Å². The second kappa shape index (κ2) is 5.25. The van der Waals surface area contributed by atoms with E-state index in [0.717, 1.165) is 12.1 Å². The fourth-order valence-electron chi connectivity index (χ4n) is 1.03. The molecule has 0 saturated heterocycles. The Balaban J connectivity index is 2.78.